The summed E-state index contributed by atoms with van der Waals surface area (Å²) in [5.74, 6) is -0.725. The van der Waals surface area contributed by atoms with E-state index in [9.17, 15) is 18.4 Å². The van der Waals surface area contributed by atoms with E-state index in [1.54, 1.807) is 24.3 Å². The SMILES string of the molecule is O=C(Nc1ccc(OC(F)F)c(Cl)c1)c1cc(=O)[nH]c2ccccc12. The van der Waals surface area contributed by atoms with Crippen molar-refractivity contribution >= 4 is 34.1 Å². The van der Waals surface area contributed by atoms with Gasteiger partial charge in [-0.2, -0.15) is 8.78 Å². The highest BCUT2D eigenvalue weighted by Crippen LogP contribution is 2.29. The van der Waals surface area contributed by atoms with E-state index >= 15 is 0 Å². The van der Waals surface area contributed by atoms with Crippen molar-refractivity contribution in [2.75, 3.05) is 5.32 Å². The number of fused-ring (bicyclic) bond motifs is 1. The van der Waals surface area contributed by atoms with Crippen LogP contribution in [0, 0.1) is 0 Å². The van der Waals surface area contributed by atoms with E-state index < -0.39 is 18.1 Å². The monoisotopic (exact) mass is 364 g/mol. The van der Waals surface area contributed by atoms with Crippen LogP contribution in [0.1, 0.15) is 10.4 Å². The van der Waals surface area contributed by atoms with Crippen LogP contribution in [0.5, 0.6) is 5.75 Å². The molecule has 0 aliphatic rings. The number of alkyl halides is 2. The molecule has 0 bridgehead atoms. The molecule has 25 heavy (non-hydrogen) atoms. The zero-order valence-corrected chi connectivity index (χ0v) is 13.3. The summed E-state index contributed by atoms with van der Waals surface area (Å²) >= 11 is 5.86. The van der Waals surface area contributed by atoms with Crippen molar-refractivity contribution in [3.8, 4) is 5.75 Å². The van der Waals surface area contributed by atoms with Gasteiger partial charge in [-0.15, -0.1) is 0 Å². The van der Waals surface area contributed by atoms with Crippen molar-refractivity contribution < 1.29 is 18.3 Å². The summed E-state index contributed by atoms with van der Waals surface area (Å²) in [6, 6.07) is 11.9. The minimum Gasteiger partial charge on any atom is -0.433 e. The summed E-state index contributed by atoms with van der Waals surface area (Å²) in [5.41, 5.74) is 0.575. The Hall–Kier alpha value is -2.93. The smallest absolute Gasteiger partial charge is 0.387 e. The van der Waals surface area contributed by atoms with E-state index in [0.717, 1.165) is 0 Å². The average molecular weight is 365 g/mol. The molecular formula is C17H11ClF2N2O3. The highest BCUT2D eigenvalue weighted by molar-refractivity contribution is 6.32. The van der Waals surface area contributed by atoms with Gasteiger partial charge in [0.2, 0.25) is 5.56 Å². The number of H-pyrrole nitrogens is 1. The van der Waals surface area contributed by atoms with Gasteiger partial charge in [0.05, 0.1) is 10.6 Å². The highest BCUT2D eigenvalue weighted by Gasteiger charge is 2.14. The van der Waals surface area contributed by atoms with Crippen LogP contribution in [0.3, 0.4) is 0 Å². The number of carbonyl (C=O) groups excluding carboxylic acids is 1. The van der Waals surface area contributed by atoms with E-state index in [1.807, 2.05) is 0 Å². The summed E-state index contributed by atoms with van der Waals surface area (Å²) in [6.07, 6.45) is 0. The first kappa shape index (κ1) is 16.9. The fourth-order valence-electron chi connectivity index (χ4n) is 2.36. The fraction of sp³-hybridized carbons (Fsp3) is 0.0588. The Balaban J connectivity index is 1.91. The van der Waals surface area contributed by atoms with Crippen LogP contribution in [0.15, 0.2) is 53.3 Å². The normalized spacial score (nSPS) is 10.9. The number of anilines is 1. The number of hydrogen-bond donors (Lipinski definition) is 2. The predicted molar refractivity (Wildman–Crippen MR) is 90.6 cm³/mol. The molecule has 0 radical (unpaired) electrons. The van der Waals surface area contributed by atoms with Crippen LogP contribution in [-0.4, -0.2) is 17.5 Å². The van der Waals surface area contributed by atoms with E-state index in [1.165, 1.54) is 24.3 Å². The van der Waals surface area contributed by atoms with Crippen molar-refractivity contribution in [3.63, 3.8) is 0 Å². The Labute approximate surface area is 145 Å². The van der Waals surface area contributed by atoms with E-state index in [4.69, 9.17) is 11.6 Å². The third-order valence-corrected chi connectivity index (χ3v) is 3.70. The number of benzene rings is 2. The molecule has 0 unspecified atom stereocenters. The Morgan fingerprint density at radius 2 is 1.92 bits per heavy atom. The molecule has 1 amide bonds. The van der Waals surface area contributed by atoms with Crippen molar-refractivity contribution in [2.24, 2.45) is 0 Å². The van der Waals surface area contributed by atoms with Gasteiger partial charge in [-0.05, 0) is 24.3 Å². The number of amides is 1. The minimum absolute atomic E-state index is 0.0751. The van der Waals surface area contributed by atoms with Gasteiger partial charge < -0.3 is 15.0 Å². The van der Waals surface area contributed by atoms with Gasteiger partial charge in [0.1, 0.15) is 5.75 Å². The molecule has 2 aromatic carbocycles. The molecule has 0 aliphatic carbocycles. The molecular weight excluding hydrogens is 354 g/mol. The maximum Gasteiger partial charge on any atom is 0.387 e. The number of aromatic nitrogens is 1. The second-order valence-electron chi connectivity index (χ2n) is 5.07. The molecule has 3 aromatic rings. The van der Waals surface area contributed by atoms with Crippen molar-refractivity contribution in [3.05, 3.63) is 69.5 Å². The van der Waals surface area contributed by atoms with Crippen molar-refractivity contribution in [2.45, 2.75) is 6.61 Å². The van der Waals surface area contributed by atoms with Gasteiger partial charge in [0.25, 0.3) is 5.91 Å². The minimum atomic E-state index is -3.00. The van der Waals surface area contributed by atoms with Crippen LogP contribution in [-0.2, 0) is 0 Å². The summed E-state index contributed by atoms with van der Waals surface area (Å²) in [5, 5.41) is 3.08. The first-order valence-electron chi connectivity index (χ1n) is 7.12. The molecule has 3 rings (SSSR count). The maximum atomic E-state index is 12.5. The lowest BCUT2D eigenvalue weighted by molar-refractivity contribution is -0.0497. The summed E-state index contributed by atoms with van der Waals surface area (Å²) in [7, 11) is 0. The van der Waals surface area contributed by atoms with E-state index in [-0.39, 0.29) is 22.0 Å². The fourth-order valence-corrected chi connectivity index (χ4v) is 2.59. The lowest BCUT2D eigenvalue weighted by Gasteiger charge is -2.10. The van der Waals surface area contributed by atoms with E-state index in [2.05, 4.69) is 15.0 Å². The molecule has 0 aliphatic heterocycles. The quantitative estimate of drug-likeness (QED) is 0.734. The van der Waals surface area contributed by atoms with Gasteiger partial charge in [0, 0.05) is 22.7 Å². The Morgan fingerprint density at radius 3 is 2.64 bits per heavy atom. The number of nitrogens with one attached hydrogen (secondary N) is 2. The van der Waals surface area contributed by atoms with Crippen molar-refractivity contribution in [1.29, 1.82) is 0 Å². The first-order valence-corrected chi connectivity index (χ1v) is 7.49. The molecule has 1 aromatic heterocycles. The predicted octanol–water partition coefficient (Wildman–Crippen LogP) is 4.04. The number of rotatable bonds is 4. The van der Waals surface area contributed by atoms with Crippen molar-refractivity contribution in [1.82, 2.24) is 4.98 Å². The standard InChI is InChI=1S/C17H11ClF2N2O3/c18-12-7-9(5-6-14(12)25-17(19)20)21-16(24)11-8-15(23)22-13-4-2-1-3-10(11)13/h1-8,17H,(H,21,24)(H,22,23). The second-order valence-corrected chi connectivity index (χ2v) is 5.48. The summed E-state index contributed by atoms with van der Waals surface area (Å²) in [4.78, 5) is 26.9. The summed E-state index contributed by atoms with van der Waals surface area (Å²) < 4.78 is 28.7. The number of hydrogen-bond acceptors (Lipinski definition) is 3. The van der Waals surface area contributed by atoms with E-state index in [0.29, 0.717) is 10.9 Å². The van der Waals surface area contributed by atoms with Crippen LogP contribution < -0.4 is 15.6 Å². The zero-order chi connectivity index (χ0) is 18.0. The number of aromatic amines is 1. The molecule has 0 atom stereocenters. The number of halogens is 3. The molecule has 0 fully saturated rings. The molecule has 2 N–H and O–H groups in total. The van der Waals surface area contributed by atoms with Gasteiger partial charge in [-0.25, -0.2) is 0 Å². The Morgan fingerprint density at radius 1 is 1.16 bits per heavy atom. The second kappa shape index (κ2) is 6.90. The molecule has 128 valence electrons. The van der Waals surface area contributed by atoms with Crippen LogP contribution in [0.2, 0.25) is 5.02 Å². The number of ether oxygens (including phenoxy) is 1. The number of pyridine rings is 1. The first-order chi connectivity index (χ1) is 11.9. The van der Waals surface area contributed by atoms with Gasteiger partial charge >= 0.3 is 6.61 Å². The van der Waals surface area contributed by atoms with Crippen LogP contribution >= 0.6 is 11.6 Å². The lowest BCUT2D eigenvalue weighted by atomic mass is 10.1. The third kappa shape index (κ3) is 3.77. The number of para-hydroxylation sites is 1. The molecule has 0 saturated heterocycles. The molecule has 8 heteroatoms. The van der Waals surface area contributed by atoms with Gasteiger partial charge in [-0.1, -0.05) is 29.8 Å². The molecule has 0 spiro atoms. The Kier molecular flexibility index (Phi) is 4.67. The van der Waals surface area contributed by atoms with Crippen LogP contribution in [0.4, 0.5) is 14.5 Å². The zero-order valence-electron chi connectivity index (χ0n) is 12.6. The maximum absolute atomic E-state index is 12.5. The lowest BCUT2D eigenvalue weighted by Crippen LogP contribution is -2.16. The molecule has 1 heterocycles. The van der Waals surface area contributed by atoms with Crippen LogP contribution in [0.25, 0.3) is 10.9 Å². The third-order valence-electron chi connectivity index (χ3n) is 3.40. The average Bonchev–Trinajstić information content (AvgIpc) is 2.56. The Bertz CT molecular complexity index is 1000. The molecule has 5 nitrogen and oxygen atoms in total. The number of carbonyl (C=O) groups is 1. The van der Waals surface area contributed by atoms with Gasteiger partial charge in [0.15, 0.2) is 0 Å². The summed E-state index contributed by atoms with van der Waals surface area (Å²) in [6.45, 7) is -3.00. The largest absolute Gasteiger partial charge is 0.433 e. The topological polar surface area (TPSA) is 71.2 Å². The molecule has 0 saturated carbocycles. The van der Waals surface area contributed by atoms with Gasteiger partial charge in [-0.3, -0.25) is 9.59 Å². The highest BCUT2D eigenvalue weighted by atomic mass is 35.5.